The molecule has 0 fully saturated rings. The molecule has 28 heavy (non-hydrogen) atoms. The number of carbonyl (C=O) groups is 1. The maximum atomic E-state index is 12.4. The first-order chi connectivity index (χ1) is 13.3. The molecule has 4 rings (SSSR count). The maximum absolute atomic E-state index is 12.4. The number of aryl methyl sites for hydroxylation is 1. The van der Waals surface area contributed by atoms with Crippen LogP contribution in [0.4, 0.5) is 5.69 Å². The van der Waals surface area contributed by atoms with Gasteiger partial charge in [-0.3, -0.25) is 4.79 Å². The Bertz CT molecular complexity index is 1170. The van der Waals surface area contributed by atoms with Crippen molar-refractivity contribution in [2.45, 2.75) is 33.1 Å². The van der Waals surface area contributed by atoms with Gasteiger partial charge in [0.1, 0.15) is 17.1 Å². The average molecular weight is 377 g/mol. The minimum Gasteiger partial charge on any atom is -0.361 e. The molecule has 0 atom stereocenters. The molecular formula is C20H19N5O3. The molecule has 0 spiro atoms. The van der Waals surface area contributed by atoms with Crippen molar-refractivity contribution < 1.29 is 13.8 Å². The van der Waals surface area contributed by atoms with Crippen LogP contribution >= 0.6 is 0 Å². The summed E-state index contributed by atoms with van der Waals surface area (Å²) in [6.45, 7) is 7.83. The van der Waals surface area contributed by atoms with Crippen LogP contribution in [0.2, 0.25) is 0 Å². The fourth-order valence-corrected chi connectivity index (χ4v) is 2.67. The molecule has 0 aliphatic rings. The Labute approximate surface area is 160 Å². The van der Waals surface area contributed by atoms with Crippen LogP contribution in [0.25, 0.3) is 22.4 Å². The van der Waals surface area contributed by atoms with Gasteiger partial charge in [-0.2, -0.15) is 0 Å². The molecule has 0 aliphatic carbocycles. The van der Waals surface area contributed by atoms with Crippen LogP contribution in [0, 0.1) is 6.92 Å². The summed E-state index contributed by atoms with van der Waals surface area (Å²) in [5, 5.41) is 11.4. The molecule has 4 aromatic rings. The van der Waals surface area contributed by atoms with Gasteiger partial charge in [-0.25, -0.2) is 9.97 Å². The lowest BCUT2D eigenvalue weighted by molar-refractivity contribution is 0.102. The third-order valence-corrected chi connectivity index (χ3v) is 4.31. The van der Waals surface area contributed by atoms with E-state index in [4.69, 9.17) is 9.05 Å². The van der Waals surface area contributed by atoms with Crippen LogP contribution in [0.3, 0.4) is 0 Å². The lowest BCUT2D eigenvalue weighted by Crippen LogP contribution is -2.12. The highest BCUT2D eigenvalue weighted by Crippen LogP contribution is 2.27. The largest absolute Gasteiger partial charge is 0.361 e. The number of hydrogen-bond acceptors (Lipinski definition) is 7. The number of aromatic nitrogens is 4. The van der Waals surface area contributed by atoms with Crippen molar-refractivity contribution in [3.8, 4) is 11.5 Å². The Morgan fingerprint density at radius 2 is 1.93 bits per heavy atom. The number of benzene rings is 1. The second kappa shape index (κ2) is 6.56. The Morgan fingerprint density at radius 1 is 1.11 bits per heavy atom. The topological polar surface area (TPSA) is 107 Å². The Hall–Kier alpha value is -3.55. The van der Waals surface area contributed by atoms with E-state index in [0.29, 0.717) is 34.0 Å². The molecule has 1 amide bonds. The lowest BCUT2D eigenvalue weighted by atomic mass is 9.93. The fourth-order valence-electron chi connectivity index (χ4n) is 2.67. The summed E-state index contributed by atoms with van der Waals surface area (Å²) >= 11 is 0. The molecule has 8 nitrogen and oxygen atoms in total. The Kier molecular flexibility index (Phi) is 4.18. The zero-order chi connectivity index (χ0) is 19.9. The fraction of sp³-hybridized carbons (Fsp3) is 0.250. The maximum Gasteiger partial charge on any atom is 0.260 e. The van der Waals surface area contributed by atoms with Gasteiger partial charge < -0.3 is 14.4 Å². The summed E-state index contributed by atoms with van der Waals surface area (Å²) in [6.07, 6.45) is 3.11. The van der Waals surface area contributed by atoms with Crippen molar-refractivity contribution in [2.24, 2.45) is 0 Å². The van der Waals surface area contributed by atoms with Gasteiger partial charge in [0.2, 0.25) is 0 Å². The van der Waals surface area contributed by atoms with Gasteiger partial charge in [0.25, 0.3) is 5.91 Å². The summed E-state index contributed by atoms with van der Waals surface area (Å²) < 4.78 is 10.4. The Morgan fingerprint density at radius 3 is 2.61 bits per heavy atom. The lowest BCUT2D eigenvalue weighted by Gasteiger charge is -2.12. The first kappa shape index (κ1) is 17.8. The SMILES string of the molecule is Cc1oncc1C(=O)Nc1ccc2cnc(-c3cc(C(C)(C)C)on3)nc2c1. The molecule has 0 aliphatic heterocycles. The van der Waals surface area contributed by atoms with E-state index in [1.54, 1.807) is 25.3 Å². The molecule has 3 aromatic heterocycles. The normalized spacial score (nSPS) is 11.7. The highest BCUT2D eigenvalue weighted by Gasteiger charge is 2.21. The van der Waals surface area contributed by atoms with Crippen molar-refractivity contribution in [3.05, 3.63) is 53.7 Å². The second-order valence-corrected chi connectivity index (χ2v) is 7.54. The standard InChI is InChI=1S/C20H19N5O3/c1-11-14(10-22-27-11)19(26)23-13-6-5-12-9-21-18(24-15(12)7-13)16-8-17(28-25-16)20(2,3)4/h5-10H,1-4H3,(H,23,26). The third-order valence-electron chi connectivity index (χ3n) is 4.31. The van der Waals surface area contributed by atoms with E-state index in [2.05, 4.69) is 25.6 Å². The summed E-state index contributed by atoms with van der Waals surface area (Å²) in [7, 11) is 0. The second-order valence-electron chi connectivity index (χ2n) is 7.54. The van der Waals surface area contributed by atoms with Crippen molar-refractivity contribution in [3.63, 3.8) is 0 Å². The minimum absolute atomic E-state index is 0.153. The highest BCUT2D eigenvalue weighted by atomic mass is 16.5. The van der Waals surface area contributed by atoms with E-state index in [9.17, 15) is 4.79 Å². The average Bonchev–Trinajstić information content (AvgIpc) is 3.30. The van der Waals surface area contributed by atoms with Crippen LogP contribution in [0.15, 0.2) is 45.7 Å². The van der Waals surface area contributed by atoms with Crippen LogP contribution in [-0.4, -0.2) is 26.2 Å². The van der Waals surface area contributed by atoms with E-state index < -0.39 is 0 Å². The third kappa shape index (κ3) is 3.36. The van der Waals surface area contributed by atoms with E-state index in [1.807, 2.05) is 32.9 Å². The quantitative estimate of drug-likeness (QED) is 0.572. The van der Waals surface area contributed by atoms with Crippen molar-refractivity contribution in [1.82, 2.24) is 20.3 Å². The number of fused-ring (bicyclic) bond motifs is 1. The van der Waals surface area contributed by atoms with Crippen molar-refractivity contribution in [1.29, 1.82) is 0 Å². The Balaban J connectivity index is 1.65. The summed E-state index contributed by atoms with van der Waals surface area (Å²) in [6, 6.07) is 7.27. The van der Waals surface area contributed by atoms with Gasteiger partial charge in [-0.05, 0) is 25.1 Å². The first-order valence-corrected chi connectivity index (χ1v) is 8.78. The first-order valence-electron chi connectivity index (χ1n) is 8.78. The molecule has 142 valence electrons. The molecule has 0 saturated carbocycles. The van der Waals surface area contributed by atoms with Gasteiger partial charge >= 0.3 is 0 Å². The predicted octanol–water partition coefficient (Wildman–Crippen LogP) is 4.13. The number of nitrogens with zero attached hydrogens (tertiary/aromatic N) is 4. The van der Waals surface area contributed by atoms with E-state index in [1.165, 1.54) is 6.20 Å². The molecule has 1 N–H and O–H groups in total. The predicted molar refractivity (Wildman–Crippen MR) is 103 cm³/mol. The molecule has 0 unspecified atom stereocenters. The molecule has 8 heteroatoms. The molecular weight excluding hydrogens is 358 g/mol. The van der Waals surface area contributed by atoms with E-state index >= 15 is 0 Å². The number of carbonyl (C=O) groups excluding carboxylic acids is 1. The van der Waals surface area contributed by atoms with Gasteiger partial charge in [-0.1, -0.05) is 31.1 Å². The van der Waals surface area contributed by atoms with E-state index in [-0.39, 0.29) is 11.3 Å². The van der Waals surface area contributed by atoms with Crippen molar-refractivity contribution >= 4 is 22.5 Å². The van der Waals surface area contributed by atoms with Gasteiger partial charge in [0, 0.05) is 28.8 Å². The summed E-state index contributed by atoms with van der Waals surface area (Å²) in [5.41, 5.74) is 2.10. The summed E-state index contributed by atoms with van der Waals surface area (Å²) in [4.78, 5) is 21.3. The zero-order valence-corrected chi connectivity index (χ0v) is 16.0. The van der Waals surface area contributed by atoms with E-state index in [0.717, 1.165) is 11.1 Å². The van der Waals surface area contributed by atoms with Crippen LogP contribution in [-0.2, 0) is 5.41 Å². The van der Waals surface area contributed by atoms with Crippen molar-refractivity contribution in [2.75, 3.05) is 5.32 Å². The number of anilines is 1. The smallest absolute Gasteiger partial charge is 0.260 e. The van der Waals surface area contributed by atoms with Gasteiger partial charge in [-0.15, -0.1) is 0 Å². The van der Waals surface area contributed by atoms with Gasteiger partial charge in [0.05, 0.1) is 11.7 Å². The van der Waals surface area contributed by atoms with Crippen LogP contribution in [0.5, 0.6) is 0 Å². The molecule has 0 saturated heterocycles. The molecule has 1 aromatic carbocycles. The van der Waals surface area contributed by atoms with Crippen LogP contribution in [0.1, 0.15) is 42.6 Å². The number of nitrogens with one attached hydrogen (secondary N) is 1. The number of hydrogen-bond donors (Lipinski definition) is 1. The molecule has 3 heterocycles. The van der Waals surface area contributed by atoms with Gasteiger partial charge in [0.15, 0.2) is 11.5 Å². The highest BCUT2D eigenvalue weighted by molar-refractivity contribution is 6.05. The monoisotopic (exact) mass is 377 g/mol. The number of rotatable bonds is 3. The molecule has 0 radical (unpaired) electrons. The zero-order valence-electron chi connectivity index (χ0n) is 16.0. The van der Waals surface area contributed by atoms with Crippen LogP contribution < -0.4 is 5.32 Å². The minimum atomic E-state index is -0.293. The summed E-state index contributed by atoms with van der Waals surface area (Å²) in [5.74, 6) is 1.39. The molecule has 0 bridgehead atoms. The number of amides is 1.